The monoisotopic (exact) mass is 328 g/mol. The molecule has 0 bridgehead atoms. The Kier molecular flexibility index (Phi) is 3.48. The van der Waals surface area contributed by atoms with E-state index in [1.165, 1.54) is 13.4 Å². The molecule has 9 nitrogen and oxygen atoms in total. The maximum Gasteiger partial charge on any atom is 0.272 e. The number of aliphatic hydroxyl groups excluding tert-OH is 1. The van der Waals surface area contributed by atoms with Gasteiger partial charge in [0.2, 0.25) is 0 Å². The minimum absolute atomic E-state index is 0.195. The maximum absolute atomic E-state index is 9.47. The summed E-state index contributed by atoms with van der Waals surface area (Å²) in [6.45, 7) is -0.983. The SMILES string of the molecule is COC1O[C@@H]2[C@H](O1)[C@@H](CO)O[C@H]2n1cnc2c(Cl)ncnc21. The number of fused-ring (bicyclic) bond motifs is 2. The van der Waals surface area contributed by atoms with Crippen LogP contribution in [0.25, 0.3) is 11.2 Å². The van der Waals surface area contributed by atoms with Crippen molar-refractivity contribution in [3.8, 4) is 0 Å². The van der Waals surface area contributed by atoms with Gasteiger partial charge in [-0.25, -0.2) is 15.0 Å². The molecule has 0 saturated carbocycles. The molecule has 5 atom stereocenters. The van der Waals surface area contributed by atoms with Crippen LogP contribution in [0.4, 0.5) is 0 Å². The molecule has 1 N–H and O–H groups in total. The van der Waals surface area contributed by atoms with Crippen LogP contribution in [-0.4, -0.2) is 63.1 Å². The van der Waals surface area contributed by atoms with Gasteiger partial charge in [-0.05, 0) is 0 Å². The Labute approximate surface area is 129 Å². The summed E-state index contributed by atoms with van der Waals surface area (Å²) in [5.41, 5.74) is 0.991. The largest absolute Gasteiger partial charge is 0.394 e. The Morgan fingerprint density at radius 1 is 1.27 bits per heavy atom. The average Bonchev–Trinajstić information content (AvgIpc) is 3.19. The number of aliphatic hydroxyl groups is 1. The molecular formula is C12H13ClN4O5. The lowest BCUT2D eigenvalue weighted by Gasteiger charge is -2.19. The molecule has 118 valence electrons. The summed E-state index contributed by atoms with van der Waals surface area (Å²) in [5.74, 6) is 0. The van der Waals surface area contributed by atoms with Gasteiger partial charge in [0.05, 0.1) is 12.9 Å². The number of rotatable bonds is 3. The second-order valence-corrected chi connectivity index (χ2v) is 5.32. The maximum atomic E-state index is 9.47. The molecule has 0 radical (unpaired) electrons. The number of imidazole rings is 1. The first-order valence-electron chi connectivity index (χ1n) is 6.66. The highest BCUT2D eigenvalue weighted by molar-refractivity contribution is 6.33. The zero-order valence-electron chi connectivity index (χ0n) is 11.5. The van der Waals surface area contributed by atoms with Crippen LogP contribution in [0.15, 0.2) is 12.7 Å². The van der Waals surface area contributed by atoms with E-state index in [1.807, 2.05) is 0 Å². The highest BCUT2D eigenvalue weighted by Crippen LogP contribution is 2.40. The van der Waals surface area contributed by atoms with E-state index < -0.39 is 31.0 Å². The lowest BCUT2D eigenvalue weighted by Crippen LogP contribution is -2.31. The number of aromatic nitrogens is 4. The van der Waals surface area contributed by atoms with Gasteiger partial charge in [0, 0.05) is 7.11 Å². The van der Waals surface area contributed by atoms with E-state index in [0.717, 1.165) is 0 Å². The molecule has 0 aliphatic carbocycles. The molecule has 2 fully saturated rings. The van der Waals surface area contributed by atoms with Gasteiger partial charge in [-0.1, -0.05) is 11.6 Å². The zero-order chi connectivity index (χ0) is 15.3. The normalized spacial score (nSPS) is 34.4. The average molecular weight is 329 g/mol. The fraction of sp³-hybridized carbons (Fsp3) is 0.583. The summed E-state index contributed by atoms with van der Waals surface area (Å²) >= 11 is 6.01. The number of hydrogen-bond acceptors (Lipinski definition) is 8. The molecule has 0 amide bonds. The fourth-order valence-electron chi connectivity index (χ4n) is 2.80. The van der Waals surface area contributed by atoms with E-state index >= 15 is 0 Å². The minimum atomic E-state index is -0.788. The van der Waals surface area contributed by atoms with E-state index in [0.29, 0.717) is 11.2 Å². The molecule has 2 saturated heterocycles. The second-order valence-electron chi connectivity index (χ2n) is 4.96. The third kappa shape index (κ3) is 2.02. The van der Waals surface area contributed by atoms with Crippen LogP contribution in [0.3, 0.4) is 0 Å². The van der Waals surface area contributed by atoms with E-state index in [2.05, 4.69) is 15.0 Å². The fourth-order valence-corrected chi connectivity index (χ4v) is 2.97. The molecule has 1 unspecified atom stereocenters. The third-order valence-corrected chi connectivity index (χ3v) is 4.06. The molecule has 2 aliphatic heterocycles. The number of halogens is 1. The molecule has 10 heteroatoms. The van der Waals surface area contributed by atoms with Gasteiger partial charge >= 0.3 is 0 Å². The van der Waals surface area contributed by atoms with E-state index in [1.54, 1.807) is 10.9 Å². The van der Waals surface area contributed by atoms with Gasteiger partial charge in [-0.15, -0.1) is 0 Å². The Bertz CT molecular complexity index is 697. The Morgan fingerprint density at radius 2 is 2.09 bits per heavy atom. The van der Waals surface area contributed by atoms with Crippen molar-refractivity contribution < 1.29 is 24.1 Å². The Hall–Kier alpha value is -1.36. The van der Waals surface area contributed by atoms with Crippen molar-refractivity contribution in [2.75, 3.05) is 13.7 Å². The van der Waals surface area contributed by atoms with Gasteiger partial charge in [0.25, 0.3) is 6.48 Å². The van der Waals surface area contributed by atoms with Crippen molar-refractivity contribution in [2.24, 2.45) is 0 Å². The van der Waals surface area contributed by atoms with Crippen LogP contribution in [0.1, 0.15) is 6.23 Å². The summed E-state index contributed by atoms with van der Waals surface area (Å²) in [4.78, 5) is 12.3. The Balaban J connectivity index is 1.73. The number of nitrogens with zero attached hydrogens (tertiary/aromatic N) is 4. The summed E-state index contributed by atoms with van der Waals surface area (Å²) in [5, 5.41) is 9.73. The predicted molar refractivity (Wildman–Crippen MR) is 71.9 cm³/mol. The highest BCUT2D eigenvalue weighted by atomic mass is 35.5. The van der Waals surface area contributed by atoms with E-state index in [9.17, 15) is 5.11 Å². The number of methoxy groups -OCH3 is 1. The first-order valence-corrected chi connectivity index (χ1v) is 7.04. The van der Waals surface area contributed by atoms with Crippen LogP contribution in [0, 0.1) is 0 Å². The summed E-state index contributed by atoms with van der Waals surface area (Å²) in [6, 6.07) is 0. The zero-order valence-corrected chi connectivity index (χ0v) is 12.3. The number of hydrogen-bond donors (Lipinski definition) is 1. The van der Waals surface area contributed by atoms with Crippen LogP contribution >= 0.6 is 11.6 Å². The summed E-state index contributed by atoms with van der Waals surface area (Å²) < 4.78 is 23.8. The van der Waals surface area contributed by atoms with Gasteiger partial charge in [0.15, 0.2) is 17.0 Å². The predicted octanol–water partition coefficient (Wildman–Crippen LogP) is 0.0834. The lowest BCUT2D eigenvalue weighted by molar-refractivity contribution is -0.256. The summed E-state index contributed by atoms with van der Waals surface area (Å²) in [6.07, 6.45) is 0.935. The van der Waals surface area contributed by atoms with Crippen molar-refractivity contribution in [3.05, 3.63) is 17.8 Å². The quantitative estimate of drug-likeness (QED) is 0.791. The van der Waals surface area contributed by atoms with Crippen molar-refractivity contribution in [1.29, 1.82) is 0 Å². The highest BCUT2D eigenvalue weighted by Gasteiger charge is 2.53. The van der Waals surface area contributed by atoms with Gasteiger partial charge < -0.3 is 24.1 Å². The minimum Gasteiger partial charge on any atom is -0.394 e. The molecule has 2 aromatic heterocycles. The van der Waals surface area contributed by atoms with E-state index in [-0.39, 0.29) is 11.8 Å². The standard InChI is InChI=1S/C12H13ClN4O5/c1-19-12-21-7-5(2-18)20-11(8(7)22-12)17-4-16-6-9(13)14-3-15-10(6)17/h3-5,7-8,11-12,18H,2H2,1H3/t5-,7-,8-,11-,12?/m1/s1. The van der Waals surface area contributed by atoms with Crippen molar-refractivity contribution in [1.82, 2.24) is 19.5 Å². The molecule has 0 aromatic carbocycles. The van der Waals surface area contributed by atoms with Crippen molar-refractivity contribution in [2.45, 2.75) is 31.0 Å². The summed E-state index contributed by atoms with van der Waals surface area (Å²) in [7, 11) is 1.48. The third-order valence-electron chi connectivity index (χ3n) is 3.78. The van der Waals surface area contributed by atoms with Crippen LogP contribution in [-0.2, 0) is 18.9 Å². The van der Waals surface area contributed by atoms with Crippen molar-refractivity contribution in [3.63, 3.8) is 0 Å². The smallest absolute Gasteiger partial charge is 0.272 e. The van der Waals surface area contributed by atoms with Gasteiger partial charge in [0.1, 0.15) is 30.2 Å². The second kappa shape index (κ2) is 5.37. The molecule has 4 heterocycles. The Morgan fingerprint density at radius 3 is 2.86 bits per heavy atom. The number of ether oxygens (including phenoxy) is 4. The first-order chi connectivity index (χ1) is 10.7. The van der Waals surface area contributed by atoms with E-state index in [4.69, 9.17) is 30.5 Å². The molecule has 4 rings (SSSR count). The van der Waals surface area contributed by atoms with Crippen LogP contribution < -0.4 is 0 Å². The van der Waals surface area contributed by atoms with Crippen molar-refractivity contribution >= 4 is 22.8 Å². The molecule has 0 spiro atoms. The van der Waals surface area contributed by atoms with Gasteiger partial charge in [-0.2, -0.15) is 0 Å². The first kappa shape index (κ1) is 14.2. The molecule has 22 heavy (non-hydrogen) atoms. The topological polar surface area (TPSA) is 101 Å². The molecule has 2 aliphatic rings. The van der Waals surface area contributed by atoms with Crippen LogP contribution in [0.2, 0.25) is 5.15 Å². The molecular weight excluding hydrogens is 316 g/mol. The molecule has 2 aromatic rings. The lowest BCUT2D eigenvalue weighted by atomic mass is 10.1. The van der Waals surface area contributed by atoms with Crippen LogP contribution in [0.5, 0.6) is 0 Å². The van der Waals surface area contributed by atoms with Gasteiger partial charge in [-0.3, -0.25) is 4.57 Å².